The number of likely N-dealkylation sites (N-methyl/N-ethyl adjacent to an activating group) is 1. The average molecular weight is 347 g/mol. The number of nitrogens with zero attached hydrogens (tertiary/aromatic N) is 2. The molecule has 0 aliphatic heterocycles. The Bertz CT molecular complexity index is 699. The first-order chi connectivity index (χ1) is 12.0. The van der Waals surface area contributed by atoms with Gasteiger partial charge in [0.2, 0.25) is 5.91 Å². The van der Waals surface area contributed by atoms with E-state index in [0.29, 0.717) is 30.5 Å². The fraction of sp³-hybridized carbons (Fsp3) is 0.444. The molecule has 2 aromatic rings. The van der Waals surface area contributed by atoms with Gasteiger partial charge in [0.1, 0.15) is 5.76 Å². The smallest absolute Gasteiger partial charge is 0.239 e. The second-order valence-corrected chi connectivity index (χ2v) is 5.59. The molecule has 0 aliphatic rings. The zero-order chi connectivity index (χ0) is 18.2. The Labute approximate surface area is 147 Å². The standard InChI is InChI=1S/C18H25N3O4/c1-5-21(12-18(22)19-17-9-13(3)25-20-17)11-14-7-8-15(24-6-2)16(10-14)23-4/h7-10H,5-6,11-12H2,1-4H3,(H,19,20,22). The van der Waals surface area contributed by atoms with Gasteiger partial charge in [-0.3, -0.25) is 9.69 Å². The third-order valence-electron chi connectivity index (χ3n) is 3.64. The Hall–Kier alpha value is -2.54. The molecule has 0 atom stereocenters. The summed E-state index contributed by atoms with van der Waals surface area (Å²) in [6, 6.07) is 7.50. The second-order valence-electron chi connectivity index (χ2n) is 5.59. The van der Waals surface area contributed by atoms with Crippen molar-refractivity contribution >= 4 is 11.7 Å². The van der Waals surface area contributed by atoms with Crippen LogP contribution in [0, 0.1) is 6.92 Å². The zero-order valence-electron chi connectivity index (χ0n) is 15.2. The van der Waals surface area contributed by atoms with E-state index in [-0.39, 0.29) is 12.5 Å². The van der Waals surface area contributed by atoms with Crippen LogP contribution in [-0.4, -0.2) is 42.8 Å². The van der Waals surface area contributed by atoms with Crippen LogP contribution in [0.5, 0.6) is 11.5 Å². The quantitative estimate of drug-likeness (QED) is 0.752. The molecule has 0 spiro atoms. The number of methoxy groups -OCH3 is 1. The highest BCUT2D eigenvalue weighted by Gasteiger charge is 2.13. The van der Waals surface area contributed by atoms with E-state index < -0.39 is 0 Å². The van der Waals surface area contributed by atoms with Gasteiger partial charge in [-0.1, -0.05) is 18.1 Å². The summed E-state index contributed by atoms with van der Waals surface area (Å²) in [5, 5.41) is 6.50. The maximum absolute atomic E-state index is 12.2. The molecule has 7 heteroatoms. The molecule has 1 amide bonds. The van der Waals surface area contributed by atoms with Crippen molar-refractivity contribution in [2.24, 2.45) is 0 Å². The molecule has 0 saturated carbocycles. The topological polar surface area (TPSA) is 76.8 Å². The van der Waals surface area contributed by atoms with Crippen molar-refractivity contribution in [1.29, 1.82) is 0 Å². The molecule has 1 aromatic carbocycles. The number of ether oxygens (including phenoxy) is 2. The predicted octanol–water partition coefficient (Wildman–Crippen LogP) is 2.85. The second kappa shape index (κ2) is 9.08. The molecule has 2 rings (SSSR count). The number of amides is 1. The van der Waals surface area contributed by atoms with Crippen LogP contribution >= 0.6 is 0 Å². The molecule has 0 saturated heterocycles. The van der Waals surface area contributed by atoms with Crippen LogP contribution < -0.4 is 14.8 Å². The van der Waals surface area contributed by atoms with Crippen LogP contribution in [0.1, 0.15) is 25.2 Å². The third-order valence-corrected chi connectivity index (χ3v) is 3.64. The minimum Gasteiger partial charge on any atom is -0.493 e. The molecule has 0 radical (unpaired) electrons. The average Bonchev–Trinajstić information content (AvgIpc) is 3.00. The Morgan fingerprint density at radius 2 is 2.08 bits per heavy atom. The van der Waals surface area contributed by atoms with Gasteiger partial charge in [-0.05, 0) is 38.1 Å². The van der Waals surface area contributed by atoms with Crippen LogP contribution in [0.2, 0.25) is 0 Å². The summed E-state index contributed by atoms with van der Waals surface area (Å²) in [6.07, 6.45) is 0. The predicted molar refractivity (Wildman–Crippen MR) is 95.0 cm³/mol. The van der Waals surface area contributed by atoms with Crippen LogP contribution in [0.25, 0.3) is 0 Å². The summed E-state index contributed by atoms with van der Waals surface area (Å²) >= 11 is 0. The third kappa shape index (κ3) is 5.49. The normalized spacial score (nSPS) is 10.8. The Kier molecular flexibility index (Phi) is 6.82. The van der Waals surface area contributed by atoms with E-state index in [1.165, 1.54) is 0 Å². The van der Waals surface area contributed by atoms with Gasteiger partial charge in [-0.2, -0.15) is 0 Å². The monoisotopic (exact) mass is 347 g/mol. The first kappa shape index (κ1) is 18.8. The lowest BCUT2D eigenvalue weighted by atomic mass is 10.2. The number of carbonyl (C=O) groups is 1. The molecule has 0 aliphatic carbocycles. The van der Waals surface area contributed by atoms with Crippen molar-refractivity contribution in [1.82, 2.24) is 10.1 Å². The number of aromatic nitrogens is 1. The summed E-state index contributed by atoms with van der Waals surface area (Å²) < 4.78 is 15.8. The van der Waals surface area contributed by atoms with Crippen LogP contribution in [0.4, 0.5) is 5.82 Å². The summed E-state index contributed by atoms with van der Waals surface area (Å²) in [4.78, 5) is 14.2. The molecular weight excluding hydrogens is 322 g/mol. The van der Waals surface area contributed by atoms with Gasteiger partial charge >= 0.3 is 0 Å². The van der Waals surface area contributed by atoms with Crippen LogP contribution in [-0.2, 0) is 11.3 Å². The minimum atomic E-state index is -0.131. The molecular formula is C18H25N3O4. The lowest BCUT2D eigenvalue weighted by molar-refractivity contribution is -0.117. The maximum atomic E-state index is 12.2. The van der Waals surface area contributed by atoms with Gasteiger partial charge in [0.25, 0.3) is 0 Å². The number of rotatable bonds is 9. The number of hydrogen-bond donors (Lipinski definition) is 1. The highest BCUT2D eigenvalue weighted by molar-refractivity contribution is 5.91. The Morgan fingerprint density at radius 1 is 1.28 bits per heavy atom. The van der Waals surface area contributed by atoms with E-state index in [4.69, 9.17) is 14.0 Å². The maximum Gasteiger partial charge on any atom is 0.239 e. The van der Waals surface area contributed by atoms with E-state index >= 15 is 0 Å². The van der Waals surface area contributed by atoms with E-state index in [1.54, 1.807) is 20.1 Å². The van der Waals surface area contributed by atoms with Crippen molar-refractivity contribution in [3.8, 4) is 11.5 Å². The highest BCUT2D eigenvalue weighted by atomic mass is 16.5. The van der Waals surface area contributed by atoms with Crippen molar-refractivity contribution in [2.75, 3.05) is 32.1 Å². The zero-order valence-corrected chi connectivity index (χ0v) is 15.2. The Morgan fingerprint density at radius 3 is 2.68 bits per heavy atom. The molecule has 0 bridgehead atoms. The Balaban J connectivity index is 1.97. The molecule has 1 aromatic heterocycles. The summed E-state index contributed by atoms with van der Waals surface area (Å²) in [6.45, 7) is 7.93. The number of benzene rings is 1. The van der Waals surface area contributed by atoms with E-state index in [0.717, 1.165) is 17.9 Å². The van der Waals surface area contributed by atoms with E-state index in [1.807, 2.05) is 36.9 Å². The fourth-order valence-corrected chi connectivity index (χ4v) is 2.43. The summed E-state index contributed by atoms with van der Waals surface area (Å²) in [7, 11) is 1.62. The largest absolute Gasteiger partial charge is 0.493 e. The first-order valence-electron chi connectivity index (χ1n) is 8.30. The van der Waals surface area contributed by atoms with E-state index in [2.05, 4.69) is 10.5 Å². The number of aryl methyl sites for hydroxylation is 1. The van der Waals surface area contributed by atoms with Gasteiger partial charge in [0, 0.05) is 12.6 Å². The molecule has 1 heterocycles. The van der Waals surface area contributed by atoms with Gasteiger partial charge in [0.15, 0.2) is 17.3 Å². The van der Waals surface area contributed by atoms with Crippen molar-refractivity contribution in [3.63, 3.8) is 0 Å². The van der Waals surface area contributed by atoms with Crippen molar-refractivity contribution in [3.05, 3.63) is 35.6 Å². The molecule has 136 valence electrons. The van der Waals surface area contributed by atoms with Gasteiger partial charge in [-0.15, -0.1) is 0 Å². The first-order valence-corrected chi connectivity index (χ1v) is 8.30. The molecule has 0 fully saturated rings. The number of anilines is 1. The lowest BCUT2D eigenvalue weighted by Gasteiger charge is -2.20. The van der Waals surface area contributed by atoms with Crippen LogP contribution in [0.3, 0.4) is 0 Å². The number of nitrogens with one attached hydrogen (secondary N) is 1. The van der Waals surface area contributed by atoms with Crippen molar-refractivity contribution in [2.45, 2.75) is 27.3 Å². The number of carbonyl (C=O) groups excluding carboxylic acids is 1. The molecule has 25 heavy (non-hydrogen) atoms. The SMILES string of the molecule is CCOc1ccc(CN(CC)CC(=O)Nc2cc(C)on2)cc1OC. The van der Waals surface area contributed by atoms with Gasteiger partial charge in [0.05, 0.1) is 20.3 Å². The molecule has 1 N–H and O–H groups in total. The molecule has 7 nitrogen and oxygen atoms in total. The minimum absolute atomic E-state index is 0.131. The van der Waals surface area contributed by atoms with Gasteiger partial charge in [-0.25, -0.2) is 0 Å². The van der Waals surface area contributed by atoms with E-state index in [9.17, 15) is 4.79 Å². The number of hydrogen-bond acceptors (Lipinski definition) is 6. The highest BCUT2D eigenvalue weighted by Crippen LogP contribution is 2.28. The van der Waals surface area contributed by atoms with Gasteiger partial charge < -0.3 is 19.3 Å². The lowest BCUT2D eigenvalue weighted by Crippen LogP contribution is -2.32. The van der Waals surface area contributed by atoms with Crippen molar-refractivity contribution < 1.29 is 18.8 Å². The fourth-order valence-electron chi connectivity index (χ4n) is 2.43. The molecule has 0 unspecified atom stereocenters. The van der Waals surface area contributed by atoms with Crippen LogP contribution in [0.15, 0.2) is 28.8 Å². The summed E-state index contributed by atoms with van der Waals surface area (Å²) in [5.74, 6) is 2.37. The summed E-state index contributed by atoms with van der Waals surface area (Å²) in [5.41, 5.74) is 1.05.